The summed E-state index contributed by atoms with van der Waals surface area (Å²) in [5.74, 6) is 0.910. The molecule has 4 heteroatoms. The van der Waals surface area contributed by atoms with Crippen molar-refractivity contribution in [3.8, 4) is 5.82 Å². The van der Waals surface area contributed by atoms with Crippen LogP contribution in [0.2, 0.25) is 5.02 Å². The first kappa shape index (κ1) is 16.6. The van der Waals surface area contributed by atoms with E-state index < -0.39 is 0 Å². The zero-order valence-corrected chi connectivity index (χ0v) is 16.7. The van der Waals surface area contributed by atoms with Crippen LogP contribution >= 0.6 is 27.5 Å². The topological polar surface area (TPSA) is 17.8 Å². The quantitative estimate of drug-likeness (QED) is 0.332. The van der Waals surface area contributed by atoms with E-state index in [2.05, 4.69) is 82.7 Å². The molecule has 2 aromatic heterocycles. The van der Waals surface area contributed by atoms with Gasteiger partial charge in [-0.1, -0.05) is 60.4 Å². The Balaban J connectivity index is 2.14. The Hall–Kier alpha value is -1.84. The molecule has 2 aromatic carbocycles. The van der Waals surface area contributed by atoms with Gasteiger partial charge in [0.25, 0.3) is 0 Å². The van der Waals surface area contributed by atoms with Gasteiger partial charge in [-0.05, 0) is 47.4 Å². The molecule has 0 bridgehead atoms. The van der Waals surface area contributed by atoms with E-state index in [4.69, 9.17) is 11.6 Å². The summed E-state index contributed by atoms with van der Waals surface area (Å²) in [6, 6.07) is 16.6. The van der Waals surface area contributed by atoms with Crippen LogP contribution in [-0.4, -0.2) is 9.55 Å². The third-order valence-corrected chi connectivity index (χ3v) is 5.35. The van der Waals surface area contributed by atoms with Gasteiger partial charge in [-0.3, -0.25) is 4.57 Å². The lowest BCUT2D eigenvalue weighted by molar-refractivity contribution is 0.588. The SMILES string of the molecule is CC(C)(C)c1ccnc(-n2c3cc(Br)ccc3c3c(Cl)cccc32)c1. The largest absolute Gasteiger partial charge is 0.294 e. The van der Waals surface area contributed by atoms with Gasteiger partial charge in [-0.25, -0.2) is 4.98 Å². The van der Waals surface area contributed by atoms with Gasteiger partial charge < -0.3 is 0 Å². The summed E-state index contributed by atoms with van der Waals surface area (Å²) < 4.78 is 3.23. The molecule has 25 heavy (non-hydrogen) atoms. The Morgan fingerprint density at radius 2 is 1.80 bits per heavy atom. The van der Waals surface area contributed by atoms with Gasteiger partial charge in [0.15, 0.2) is 0 Å². The number of benzene rings is 2. The number of halogens is 2. The van der Waals surface area contributed by atoms with Crippen molar-refractivity contribution in [2.75, 3.05) is 0 Å². The zero-order valence-electron chi connectivity index (χ0n) is 14.3. The van der Waals surface area contributed by atoms with Crippen molar-refractivity contribution in [1.29, 1.82) is 0 Å². The maximum Gasteiger partial charge on any atom is 0.137 e. The molecule has 0 aliphatic carbocycles. The molecule has 126 valence electrons. The molecule has 0 fully saturated rings. The van der Waals surface area contributed by atoms with Gasteiger partial charge in [-0.2, -0.15) is 0 Å². The predicted octanol–water partition coefficient (Wildman–Crippen LogP) is 6.89. The number of hydrogen-bond acceptors (Lipinski definition) is 1. The van der Waals surface area contributed by atoms with Crippen molar-refractivity contribution < 1.29 is 0 Å². The average molecular weight is 414 g/mol. The van der Waals surface area contributed by atoms with Crippen molar-refractivity contribution in [1.82, 2.24) is 9.55 Å². The number of pyridine rings is 1. The highest BCUT2D eigenvalue weighted by atomic mass is 79.9. The number of aromatic nitrogens is 2. The summed E-state index contributed by atoms with van der Waals surface area (Å²) in [5.41, 5.74) is 3.48. The maximum absolute atomic E-state index is 6.54. The average Bonchev–Trinajstić information content (AvgIpc) is 2.88. The highest BCUT2D eigenvalue weighted by Gasteiger charge is 2.18. The fraction of sp³-hybridized carbons (Fsp3) is 0.190. The Morgan fingerprint density at radius 1 is 1.00 bits per heavy atom. The second-order valence-corrected chi connectivity index (χ2v) is 8.61. The van der Waals surface area contributed by atoms with Crippen LogP contribution in [0.25, 0.3) is 27.6 Å². The van der Waals surface area contributed by atoms with Crippen LogP contribution in [0.4, 0.5) is 0 Å². The molecule has 0 radical (unpaired) electrons. The summed E-state index contributed by atoms with van der Waals surface area (Å²) in [7, 11) is 0. The molecule has 4 aromatic rings. The van der Waals surface area contributed by atoms with Crippen LogP contribution in [0.15, 0.2) is 59.2 Å². The summed E-state index contributed by atoms with van der Waals surface area (Å²) in [6.07, 6.45) is 1.89. The van der Waals surface area contributed by atoms with Gasteiger partial charge in [-0.15, -0.1) is 0 Å². The normalized spacial score (nSPS) is 12.2. The predicted molar refractivity (Wildman–Crippen MR) is 110 cm³/mol. The molecule has 0 aliphatic rings. The van der Waals surface area contributed by atoms with Crippen LogP contribution in [0.3, 0.4) is 0 Å². The minimum atomic E-state index is 0.0642. The van der Waals surface area contributed by atoms with E-state index in [9.17, 15) is 0 Å². The van der Waals surface area contributed by atoms with Crippen molar-refractivity contribution in [2.24, 2.45) is 0 Å². The molecule has 0 atom stereocenters. The van der Waals surface area contributed by atoms with E-state index in [1.165, 1.54) is 5.56 Å². The monoisotopic (exact) mass is 412 g/mol. The van der Waals surface area contributed by atoms with E-state index >= 15 is 0 Å². The Kier molecular flexibility index (Phi) is 3.89. The van der Waals surface area contributed by atoms with Crippen LogP contribution < -0.4 is 0 Å². The third kappa shape index (κ3) is 2.76. The number of nitrogens with zero attached hydrogens (tertiary/aromatic N) is 2. The first-order valence-electron chi connectivity index (χ1n) is 8.21. The lowest BCUT2D eigenvalue weighted by atomic mass is 9.88. The first-order chi connectivity index (χ1) is 11.9. The standard InChI is InChI=1S/C21H18BrClN2/c1-21(2,3)13-9-10-24-19(11-13)25-17-6-4-5-16(23)20(17)15-8-7-14(22)12-18(15)25/h4-12H,1-3H3. The number of hydrogen-bond donors (Lipinski definition) is 0. The molecule has 0 spiro atoms. The van der Waals surface area contributed by atoms with Crippen molar-refractivity contribution in [3.63, 3.8) is 0 Å². The fourth-order valence-corrected chi connectivity index (χ4v) is 3.87. The smallest absolute Gasteiger partial charge is 0.137 e. The molecular weight excluding hydrogens is 396 g/mol. The van der Waals surface area contributed by atoms with E-state index in [1.54, 1.807) is 0 Å². The molecule has 0 amide bonds. The molecule has 0 unspecified atom stereocenters. The van der Waals surface area contributed by atoms with Gasteiger partial charge >= 0.3 is 0 Å². The lowest BCUT2D eigenvalue weighted by Crippen LogP contribution is -2.12. The van der Waals surface area contributed by atoms with Crippen molar-refractivity contribution in [3.05, 3.63) is 69.8 Å². The Bertz CT molecular complexity index is 1110. The molecule has 2 heterocycles. The minimum absolute atomic E-state index is 0.0642. The van der Waals surface area contributed by atoms with Gasteiger partial charge in [0.1, 0.15) is 5.82 Å². The number of fused-ring (bicyclic) bond motifs is 3. The summed E-state index contributed by atoms with van der Waals surface area (Å²) >= 11 is 10.1. The van der Waals surface area contributed by atoms with E-state index in [0.29, 0.717) is 0 Å². The summed E-state index contributed by atoms with van der Waals surface area (Å²) in [5, 5.41) is 2.96. The van der Waals surface area contributed by atoms with Gasteiger partial charge in [0.05, 0.1) is 16.1 Å². The highest BCUT2D eigenvalue weighted by molar-refractivity contribution is 9.10. The second kappa shape index (κ2) is 5.86. The Morgan fingerprint density at radius 3 is 2.56 bits per heavy atom. The van der Waals surface area contributed by atoms with Crippen LogP contribution in [0.5, 0.6) is 0 Å². The Labute approximate surface area is 160 Å². The van der Waals surface area contributed by atoms with Crippen molar-refractivity contribution in [2.45, 2.75) is 26.2 Å². The molecular formula is C21H18BrClN2. The first-order valence-corrected chi connectivity index (χ1v) is 9.38. The molecule has 0 saturated heterocycles. The van der Waals surface area contributed by atoms with E-state index in [0.717, 1.165) is 37.1 Å². The zero-order chi connectivity index (χ0) is 17.8. The minimum Gasteiger partial charge on any atom is -0.294 e. The fourth-order valence-electron chi connectivity index (χ4n) is 3.25. The molecule has 2 nitrogen and oxygen atoms in total. The molecule has 0 aliphatic heterocycles. The number of rotatable bonds is 1. The van der Waals surface area contributed by atoms with Crippen LogP contribution in [0, 0.1) is 0 Å². The van der Waals surface area contributed by atoms with Crippen LogP contribution in [-0.2, 0) is 5.41 Å². The molecule has 0 saturated carbocycles. The second-order valence-electron chi connectivity index (χ2n) is 7.28. The van der Waals surface area contributed by atoms with Crippen molar-refractivity contribution >= 4 is 49.3 Å². The van der Waals surface area contributed by atoms with Crippen LogP contribution in [0.1, 0.15) is 26.3 Å². The lowest BCUT2D eigenvalue weighted by Gasteiger charge is -2.20. The third-order valence-electron chi connectivity index (χ3n) is 4.54. The summed E-state index contributed by atoms with van der Waals surface area (Å²) in [4.78, 5) is 4.66. The van der Waals surface area contributed by atoms with E-state index in [-0.39, 0.29) is 5.41 Å². The molecule has 0 N–H and O–H groups in total. The maximum atomic E-state index is 6.54. The molecule has 4 rings (SSSR count). The summed E-state index contributed by atoms with van der Waals surface area (Å²) in [6.45, 7) is 6.64. The van der Waals surface area contributed by atoms with E-state index in [1.807, 2.05) is 18.3 Å². The van der Waals surface area contributed by atoms with Gasteiger partial charge in [0.2, 0.25) is 0 Å². The highest BCUT2D eigenvalue weighted by Crippen LogP contribution is 2.37. The van der Waals surface area contributed by atoms with Gasteiger partial charge in [0, 0.05) is 21.4 Å².